The first-order valence-electron chi connectivity index (χ1n) is 11.7. The number of aryl methyl sites for hydroxylation is 1. The van der Waals surface area contributed by atoms with Crippen molar-refractivity contribution >= 4 is 22.6 Å². The second-order valence-electron chi connectivity index (χ2n) is 9.08. The van der Waals surface area contributed by atoms with Crippen LogP contribution in [0.15, 0.2) is 48.5 Å². The fourth-order valence-corrected chi connectivity index (χ4v) is 5.23. The number of carbonyl (C=O) groups excluding carboxylic acids is 1. The minimum atomic E-state index is 0.0715. The lowest BCUT2D eigenvalue weighted by molar-refractivity contribution is -0.138. The number of amides is 1. The van der Waals surface area contributed by atoms with Gasteiger partial charge in [-0.25, -0.2) is 4.98 Å². The average molecular weight is 433 g/mol. The van der Waals surface area contributed by atoms with Crippen LogP contribution >= 0.6 is 0 Å². The second-order valence-corrected chi connectivity index (χ2v) is 9.08. The minimum Gasteiger partial charge on any atom is -0.381 e. The van der Waals surface area contributed by atoms with Gasteiger partial charge in [0.05, 0.1) is 23.1 Å². The van der Waals surface area contributed by atoms with Crippen LogP contribution < -0.4 is 4.90 Å². The molecule has 2 saturated heterocycles. The van der Waals surface area contributed by atoms with Gasteiger partial charge in [-0.15, -0.1) is 0 Å². The smallest absolute Gasteiger partial charge is 0.227 e. The first-order valence-corrected chi connectivity index (χ1v) is 11.7. The number of anilines is 1. The molecule has 3 heterocycles. The van der Waals surface area contributed by atoms with Crippen LogP contribution in [-0.2, 0) is 16.6 Å². The van der Waals surface area contributed by atoms with Crippen molar-refractivity contribution in [2.45, 2.75) is 31.8 Å². The lowest BCUT2D eigenvalue weighted by Crippen LogP contribution is -2.48. The van der Waals surface area contributed by atoms with E-state index in [0.29, 0.717) is 12.0 Å². The van der Waals surface area contributed by atoms with Crippen molar-refractivity contribution < 1.29 is 9.53 Å². The molecular weight excluding hydrogens is 400 g/mol. The van der Waals surface area contributed by atoms with E-state index in [0.717, 1.165) is 74.3 Å². The molecule has 2 aliphatic heterocycles. The summed E-state index contributed by atoms with van der Waals surface area (Å²) >= 11 is 0. The van der Waals surface area contributed by atoms with Crippen molar-refractivity contribution in [3.8, 4) is 11.4 Å². The van der Waals surface area contributed by atoms with Gasteiger partial charge in [0, 0.05) is 51.6 Å². The highest BCUT2D eigenvalue weighted by Gasteiger charge is 2.31. The molecule has 6 heteroatoms. The van der Waals surface area contributed by atoms with Gasteiger partial charge in [-0.1, -0.05) is 24.3 Å². The van der Waals surface area contributed by atoms with Crippen molar-refractivity contribution in [2.75, 3.05) is 38.2 Å². The summed E-state index contributed by atoms with van der Waals surface area (Å²) in [6.07, 6.45) is 4.20. The van der Waals surface area contributed by atoms with E-state index in [1.807, 2.05) is 12.1 Å². The SMILES string of the molecule is COC1CCN(C(=O)C2CCCN(c3cccc(-c4nc5ccccc5n4C)c3)C2)CC1. The van der Waals surface area contributed by atoms with Crippen LogP contribution in [0.3, 0.4) is 0 Å². The molecule has 6 nitrogen and oxygen atoms in total. The Morgan fingerprint density at radius 3 is 2.62 bits per heavy atom. The quantitative estimate of drug-likeness (QED) is 0.623. The van der Waals surface area contributed by atoms with E-state index < -0.39 is 0 Å². The third-order valence-corrected chi connectivity index (χ3v) is 7.11. The number of piperidine rings is 2. The Labute approximate surface area is 189 Å². The predicted octanol–water partition coefficient (Wildman–Crippen LogP) is 4.09. The molecule has 1 aromatic heterocycles. The number of nitrogens with zero attached hydrogens (tertiary/aromatic N) is 4. The third kappa shape index (κ3) is 3.99. The average Bonchev–Trinajstić information content (AvgIpc) is 3.20. The Morgan fingerprint density at radius 2 is 1.84 bits per heavy atom. The molecule has 0 N–H and O–H groups in total. The summed E-state index contributed by atoms with van der Waals surface area (Å²) in [7, 11) is 3.84. The van der Waals surface area contributed by atoms with Crippen LogP contribution in [0.25, 0.3) is 22.4 Å². The summed E-state index contributed by atoms with van der Waals surface area (Å²) in [5.41, 5.74) is 4.42. The van der Waals surface area contributed by atoms with Gasteiger partial charge in [0.25, 0.3) is 0 Å². The lowest BCUT2D eigenvalue weighted by Gasteiger charge is -2.38. The maximum atomic E-state index is 13.2. The normalized spacial score (nSPS) is 20.1. The van der Waals surface area contributed by atoms with Crippen LogP contribution in [0.2, 0.25) is 0 Å². The van der Waals surface area contributed by atoms with Crippen molar-refractivity contribution in [3.05, 3.63) is 48.5 Å². The molecule has 2 fully saturated rings. The van der Waals surface area contributed by atoms with Crippen LogP contribution in [0.1, 0.15) is 25.7 Å². The van der Waals surface area contributed by atoms with Gasteiger partial charge in [-0.05, 0) is 49.9 Å². The van der Waals surface area contributed by atoms with E-state index in [1.54, 1.807) is 7.11 Å². The van der Waals surface area contributed by atoms with Crippen LogP contribution in [0.4, 0.5) is 5.69 Å². The molecule has 32 heavy (non-hydrogen) atoms. The number of rotatable bonds is 4. The molecule has 2 aliphatic rings. The standard InChI is InChI=1S/C26H32N4O2/c1-28-24-11-4-3-10-23(24)27-25(28)19-7-5-9-21(17-19)30-14-6-8-20(18-30)26(31)29-15-12-22(32-2)13-16-29/h3-5,7,9-11,17,20,22H,6,8,12-16,18H2,1-2H3. The van der Waals surface area contributed by atoms with E-state index in [9.17, 15) is 4.79 Å². The van der Waals surface area contributed by atoms with E-state index in [4.69, 9.17) is 9.72 Å². The molecule has 0 bridgehead atoms. The topological polar surface area (TPSA) is 50.6 Å². The highest BCUT2D eigenvalue weighted by atomic mass is 16.5. The summed E-state index contributed by atoms with van der Waals surface area (Å²) in [6.45, 7) is 3.41. The van der Waals surface area contributed by atoms with E-state index in [-0.39, 0.29) is 5.92 Å². The van der Waals surface area contributed by atoms with Gasteiger partial charge in [-0.2, -0.15) is 0 Å². The number of hydrogen-bond acceptors (Lipinski definition) is 4. The largest absolute Gasteiger partial charge is 0.381 e. The van der Waals surface area contributed by atoms with Gasteiger partial charge in [0.15, 0.2) is 0 Å². The fraction of sp³-hybridized carbons (Fsp3) is 0.462. The molecule has 0 saturated carbocycles. The molecule has 1 atom stereocenters. The van der Waals surface area contributed by atoms with Gasteiger partial charge < -0.3 is 19.1 Å². The van der Waals surface area contributed by atoms with Crippen LogP contribution in [-0.4, -0.2) is 59.8 Å². The lowest BCUT2D eigenvalue weighted by atomic mass is 9.94. The maximum absolute atomic E-state index is 13.2. The number of para-hydroxylation sites is 2. The Hall–Kier alpha value is -2.86. The first kappa shape index (κ1) is 21.0. The number of imidazole rings is 1. The van der Waals surface area contributed by atoms with Gasteiger partial charge in [0.1, 0.15) is 5.82 Å². The second kappa shape index (κ2) is 8.94. The summed E-state index contributed by atoms with van der Waals surface area (Å²) in [6, 6.07) is 16.8. The zero-order valence-corrected chi connectivity index (χ0v) is 19.0. The molecule has 3 aromatic rings. The Kier molecular flexibility index (Phi) is 5.87. The first-order chi connectivity index (χ1) is 15.6. The van der Waals surface area contributed by atoms with Gasteiger partial charge >= 0.3 is 0 Å². The zero-order valence-electron chi connectivity index (χ0n) is 19.0. The summed E-state index contributed by atoms with van der Waals surface area (Å²) in [5.74, 6) is 1.36. The summed E-state index contributed by atoms with van der Waals surface area (Å²) in [5, 5.41) is 0. The van der Waals surface area contributed by atoms with Crippen LogP contribution in [0, 0.1) is 5.92 Å². The number of ether oxygens (including phenoxy) is 1. The molecule has 2 aromatic carbocycles. The molecule has 0 aliphatic carbocycles. The number of hydrogen-bond donors (Lipinski definition) is 0. The Morgan fingerprint density at radius 1 is 1.03 bits per heavy atom. The molecule has 1 unspecified atom stereocenters. The van der Waals surface area contributed by atoms with E-state index >= 15 is 0 Å². The number of methoxy groups -OCH3 is 1. The van der Waals surface area contributed by atoms with Crippen molar-refractivity contribution in [1.82, 2.24) is 14.5 Å². The summed E-state index contributed by atoms with van der Waals surface area (Å²) in [4.78, 5) is 22.5. The number of aromatic nitrogens is 2. The fourth-order valence-electron chi connectivity index (χ4n) is 5.23. The van der Waals surface area contributed by atoms with E-state index in [2.05, 4.69) is 57.8 Å². The molecular formula is C26H32N4O2. The van der Waals surface area contributed by atoms with Crippen molar-refractivity contribution in [3.63, 3.8) is 0 Å². The number of carbonyl (C=O) groups is 1. The van der Waals surface area contributed by atoms with E-state index in [1.165, 1.54) is 5.69 Å². The number of fused-ring (bicyclic) bond motifs is 1. The molecule has 5 rings (SSSR count). The van der Waals surface area contributed by atoms with Crippen molar-refractivity contribution in [2.24, 2.45) is 13.0 Å². The summed E-state index contributed by atoms with van der Waals surface area (Å²) < 4.78 is 7.62. The molecule has 168 valence electrons. The third-order valence-electron chi connectivity index (χ3n) is 7.11. The monoisotopic (exact) mass is 432 g/mol. The maximum Gasteiger partial charge on any atom is 0.227 e. The van der Waals surface area contributed by atoms with Gasteiger partial charge in [0.2, 0.25) is 5.91 Å². The van der Waals surface area contributed by atoms with Crippen LogP contribution in [0.5, 0.6) is 0 Å². The Bertz CT molecular complexity index is 1100. The highest BCUT2D eigenvalue weighted by molar-refractivity contribution is 5.82. The molecule has 0 radical (unpaired) electrons. The number of likely N-dealkylation sites (tertiary alicyclic amines) is 1. The Balaban J connectivity index is 1.33. The zero-order chi connectivity index (χ0) is 22.1. The molecule has 0 spiro atoms. The minimum absolute atomic E-state index is 0.0715. The van der Waals surface area contributed by atoms with Crippen molar-refractivity contribution in [1.29, 1.82) is 0 Å². The molecule has 1 amide bonds. The predicted molar refractivity (Wildman–Crippen MR) is 128 cm³/mol. The highest BCUT2D eigenvalue weighted by Crippen LogP contribution is 2.30. The number of benzene rings is 2. The van der Waals surface area contributed by atoms with Gasteiger partial charge in [-0.3, -0.25) is 4.79 Å².